The van der Waals surface area contributed by atoms with E-state index in [1.54, 1.807) is 12.2 Å². The molecule has 3 rings (SSSR count). The highest BCUT2D eigenvalue weighted by atomic mass is 16.3. The molecule has 0 fully saturated rings. The van der Waals surface area contributed by atoms with Crippen LogP contribution >= 0.6 is 0 Å². The van der Waals surface area contributed by atoms with Gasteiger partial charge in [0.15, 0.2) is 0 Å². The number of aromatic amines is 1. The van der Waals surface area contributed by atoms with Crippen molar-refractivity contribution in [1.82, 2.24) is 24.9 Å². The summed E-state index contributed by atoms with van der Waals surface area (Å²) in [4.78, 5) is 21.7. The second-order valence-corrected chi connectivity index (χ2v) is 7.46. The number of nitrogens with one attached hydrogen (secondary N) is 2. The minimum absolute atomic E-state index is 0.184. The number of H-pyrrole nitrogens is 1. The quantitative estimate of drug-likeness (QED) is 0.542. The summed E-state index contributed by atoms with van der Waals surface area (Å²) in [5, 5.41) is 15.9. The van der Waals surface area contributed by atoms with Gasteiger partial charge in [0.1, 0.15) is 11.6 Å². The number of rotatable bonds is 9. The molecule has 2 aromatic heterocycles. The van der Waals surface area contributed by atoms with Crippen LogP contribution in [0.2, 0.25) is 0 Å². The third-order valence-electron chi connectivity index (χ3n) is 5.08. The fourth-order valence-electron chi connectivity index (χ4n) is 3.29. The summed E-state index contributed by atoms with van der Waals surface area (Å²) in [5.41, 5.74) is 2.65. The lowest BCUT2D eigenvalue weighted by molar-refractivity contribution is 0.432. The molecule has 158 valence electrons. The van der Waals surface area contributed by atoms with Crippen molar-refractivity contribution in [3.63, 3.8) is 0 Å². The van der Waals surface area contributed by atoms with Crippen LogP contribution in [0.3, 0.4) is 0 Å². The summed E-state index contributed by atoms with van der Waals surface area (Å²) in [6.07, 6.45) is 14.4. The molecule has 0 radical (unpaired) electrons. The van der Waals surface area contributed by atoms with Gasteiger partial charge in [0.25, 0.3) is 11.3 Å². The van der Waals surface area contributed by atoms with Crippen molar-refractivity contribution in [1.29, 1.82) is 0 Å². The van der Waals surface area contributed by atoms with E-state index in [9.17, 15) is 9.90 Å². The number of fused-ring (bicyclic) bond motifs is 1. The second kappa shape index (κ2) is 9.91. The lowest BCUT2D eigenvalue weighted by Crippen LogP contribution is -2.20. The third-order valence-corrected chi connectivity index (χ3v) is 5.08. The van der Waals surface area contributed by atoms with E-state index < -0.39 is 0 Å². The van der Waals surface area contributed by atoms with Crippen LogP contribution in [0.4, 0.5) is 0 Å². The van der Waals surface area contributed by atoms with Crippen LogP contribution in [0.5, 0.6) is 0 Å². The summed E-state index contributed by atoms with van der Waals surface area (Å²) in [6, 6.07) is 1.51. The van der Waals surface area contributed by atoms with Crippen molar-refractivity contribution in [3.8, 4) is 0 Å². The number of aliphatic hydroxyl groups is 1. The lowest BCUT2D eigenvalue weighted by Gasteiger charge is -2.09. The Hall–Kier alpha value is -3.35. The molecule has 2 aromatic rings. The first-order valence-electron chi connectivity index (χ1n) is 10.3. The van der Waals surface area contributed by atoms with Crippen LogP contribution in [0.15, 0.2) is 70.9 Å². The topological polar surface area (TPSA) is 95.3 Å². The third kappa shape index (κ3) is 5.37. The van der Waals surface area contributed by atoms with E-state index in [1.807, 2.05) is 18.2 Å². The molecule has 1 aliphatic rings. The van der Waals surface area contributed by atoms with Crippen LogP contribution in [0, 0.1) is 0 Å². The molecule has 0 saturated carbocycles. The molecule has 0 aliphatic heterocycles. The molecule has 30 heavy (non-hydrogen) atoms. The Morgan fingerprint density at radius 1 is 1.43 bits per heavy atom. The highest BCUT2D eigenvalue weighted by Gasteiger charge is 2.15. The largest absolute Gasteiger partial charge is 0.508 e. The molecule has 0 aromatic carbocycles. The van der Waals surface area contributed by atoms with Crippen molar-refractivity contribution in [2.75, 3.05) is 0 Å². The molecule has 3 N–H and O–H groups in total. The molecule has 0 bridgehead atoms. The predicted octanol–water partition coefficient (Wildman–Crippen LogP) is 4.20. The fourth-order valence-corrected chi connectivity index (χ4v) is 3.29. The maximum absolute atomic E-state index is 12.6. The zero-order valence-electron chi connectivity index (χ0n) is 17.6. The van der Waals surface area contributed by atoms with Crippen LogP contribution < -0.4 is 10.9 Å². The summed E-state index contributed by atoms with van der Waals surface area (Å²) < 4.78 is 1.40. The van der Waals surface area contributed by atoms with Gasteiger partial charge in [-0.2, -0.15) is 9.50 Å². The van der Waals surface area contributed by atoms with Crippen LogP contribution in [0.1, 0.15) is 57.0 Å². The molecule has 1 unspecified atom stereocenters. The lowest BCUT2D eigenvalue weighted by atomic mass is 9.99. The first kappa shape index (κ1) is 21.4. The maximum atomic E-state index is 12.6. The number of hydrogen-bond acceptors (Lipinski definition) is 5. The monoisotopic (exact) mass is 407 g/mol. The van der Waals surface area contributed by atoms with Gasteiger partial charge in [0.05, 0.1) is 12.2 Å². The van der Waals surface area contributed by atoms with Gasteiger partial charge >= 0.3 is 0 Å². The maximum Gasteiger partial charge on any atom is 0.274 e. The Balaban J connectivity index is 1.77. The van der Waals surface area contributed by atoms with Gasteiger partial charge in [-0.1, -0.05) is 30.7 Å². The van der Waals surface area contributed by atoms with E-state index in [0.29, 0.717) is 24.4 Å². The van der Waals surface area contributed by atoms with Gasteiger partial charge < -0.3 is 10.4 Å². The van der Waals surface area contributed by atoms with E-state index in [2.05, 4.69) is 46.9 Å². The van der Waals surface area contributed by atoms with Crippen molar-refractivity contribution in [2.24, 2.45) is 0 Å². The average molecular weight is 408 g/mol. The fraction of sp³-hybridized carbons (Fsp3) is 0.348. The minimum atomic E-state index is -0.184. The highest BCUT2D eigenvalue weighted by molar-refractivity contribution is 5.30. The normalized spacial score (nSPS) is 15.5. The van der Waals surface area contributed by atoms with Crippen LogP contribution in [0.25, 0.3) is 5.78 Å². The Morgan fingerprint density at radius 2 is 2.27 bits per heavy atom. The van der Waals surface area contributed by atoms with Crippen LogP contribution in [-0.2, 0) is 6.54 Å². The van der Waals surface area contributed by atoms with Crippen molar-refractivity contribution in [2.45, 2.75) is 52.0 Å². The van der Waals surface area contributed by atoms with Crippen LogP contribution in [-0.4, -0.2) is 24.7 Å². The molecule has 0 spiro atoms. The SMILES string of the molecule is C=CC/C(C)=C\CC(CC)c1nc2nc(CNC3=CC=C(O)C=CC3)cc(=O)n2[nH]1. The first-order chi connectivity index (χ1) is 14.5. The van der Waals surface area contributed by atoms with E-state index >= 15 is 0 Å². The van der Waals surface area contributed by atoms with E-state index in [0.717, 1.165) is 30.8 Å². The first-order valence-corrected chi connectivity index (χ1v) is 10.3. The summed E-state index contributed by atoms with van der Waals surface area (Å²) in [5.74, 6) is 1.56. The zero-order valence-corrected chi connectivity index (χ0v) is 17.6. The Kier molecular flexibility index (Phi) is 7.06. The van der Waals surface area contributed by atoms with E-state index in [4.69, 9.17) is 0 Å². The molecule has 1 atom stereocenters. The standard InChI is InChI=1S/C23H29N5O2/c1-4-7-16(3)10-11-17(5-2)22-26-23-25-19(14-21(30)28(23)27-22)15-24-18-8-6-9-20(29)13-12-18/h4,6,9-10,12-14,17,24,29H,1,5,7-8,11,15H2,2-3H3,(H,25,26,27)/b16-10-. The van der Waals surface area contributed by atoms with E-state index in [1.165, 1.54) is 16.2 Å². The predicted molar refractivity (Wildman–Crippen MR) is 119 cm³/mol. The summed E-state index contributed by atoms with van der Waals surface area (Å²) in [7, 11) is 0. The molecule has 7 heteroatoms. The number of aromatic nitrogens is 4. The number of hydrogen-bond donors (Lipinski definition) is 3. The van der Waals surface area contributed by atoms with Gasteiger partial charge in [-0.15, -0.1) is 6.58 Å². The second-order valence-electron chi connectivity index (χ2n) is 7.46. The van der Waals surface area contributed by atoms with Gasteiger partial charge in [-0.25, -0.2) is 4.98 Å². The minimum Gasteiger partial charge on any atom is -0.508 e. The molecular formula is C23H29N5O2. The average Bonchev–Trinajstić information content (AvgIpc) is 3.03. The summed E-state index contributed by atoms with van der Waals surface area (Å²) >= 11 is 0. The smallest absolute Gasteiger partial charge is 0.274 e. The van der Waals surface area contributed by atoms with Gasteiger partial charge in [-0.05, 0) is 44.4 Å². The molecule has 0 saturated heterocycles. The van der Waals surface area contributed by atoms with Gasteiger partial charge in [0, 0.05) is 24.1 Å². The Morgan fingerprint density at radius 3 is 3.03 bits per heavy atom. The molecule has 2 heterocycles. The zero-order chi connectivity index (χ0) is 21.5. The van der Waals surface area contributed by atoms with Gasteiger partial charge in [0.2, 0.25) is 0 Å². The van der Waals surface area contributed by atoms with Gasteiger partial charge in [-0.3, -0.25) is 9.89 Å². The Bertz CT molecular complexity index is 1080. The molecular weight excluding hydrogens is 378 g/mol. The summed E-state index contributed by atoms with van der Waals surface area (Å²) in [6.45, 7) is 8.38. The molecule has 1 aliphatic carbocycles. The van der Waals surface area contributed by atoms with Crippen molar-refractivity contribution < 1.29 is 5.11 Å². The number of aliphatic hydroxyl groups excluding tert-OH is 1. The van der Waals surface area contributed by atoms with Crippen molar-refractivity contribution in [3.05, 3.63) is 88.0 Å². The number of nitrogens with zero attached hydrogens (tertiary/aromatic N) is 3. The van der Waals surface area contributed by atoms with E-state index in [-0.39, 0.29) is 17.2 Å². The molecule has 7 nitrogen and oxygen atoms in total. The Labute approximate surface area is 176 Å². The molecule has 0 amide bonds. The van der Waals surface area contributed by atoms with Crippen molar-refractivity contribution >= 4 is 5.78 Å². The highest BCUT2D eigenvalue weighted by Crippen LogP contribution is 2.22. The number of allylic oxidation sites excluding steroid dienone is 7.